The van der Waals surface area contributed by atoms with Crippen LogP contribution in [0, 0.1) is 11.3 Å². The molecule has 3 saturated carbocycles. The smallest absolute Gasteiger partial charge is 0.0659 e. The van der Waals surface area contributed by atoms with Crippen LogP contribution in [0.2, 0.25) is 0 Å². The fourth-order valence-corrected chi connectivity index (χ4v) is 4.90. The van der Waals surface area contributed by atoms with Gasteiger partial charge in [-0.1, -0.05) is 38.5 Å². The fraction of sp³-hybridized carbons (Fsp3) is 1.00. The number of alkyl halides is 1. The van der Waals surface area contributed by atoms with Crippen LogP contribution in [0.3, 0.4) is 0 Å². The summed E-state index contributed by atoms with van der Waals surface area (Å²) in [5, 5.41) is 0.393. The van der Waals surface area contributed by atoms with Crippen molar-refractivity contribution in [2.24, 2.45) is 11.3 Å². The van der Waals surface area contributed by atoms with E-state index >= 15 is 0 Å². The average molecular weight is 271 g/mol. The second-order valence-electron chi connectivity index (χ2n) is 6.82. The Labute approximate surface area is 117 Å². The van der Waals surface area contributed by atoms with E-state index in [9.17, 15) is 0 Å². The molecule has 2 unspecified atom stereocenters. The van der Waals surface area contributed by atoms with Crippen molar-refractivity contribution >= 4 is 11.6 Å². The summed E-state index contributed by atoms with van der Waals surface area (Å²) in [5.74, 6) is 0.849. The molecule has 0 bridgehead atoms. The molecular formula is C16H27ClO. The van der Waals surface area contributed by atoms with Crippen LogP contribution in [0.5, 0.6) is 0 Å². The Bertz CT molecular complexity index is 264. The van der Waals surface area contributed by atoms with E-state index in [2.05, 4.69) is 0 Å². The van der Waals surface area contributed by atoms with Gasteiger partial charge < -0.3 is 4.74 Å². The molecule has 3 fully saturated rings. The molecule has 3 aliphatic rings. The minimum atomic E-state index is 0.358. The Balaban J connectivity index is 1.54. The van der Waals surface area contributed by atoms with Gasteiger partial charge in [-0.05, 0) is 38.0 Å². The molecule has 0 N–H and O–H groups in total. The van der Waals surface area contributed by atoms with E-state index in [1.807, 2.05) is 0 Å². The lowest BCUT2D eigenvalue weighted by Crippen LogP contribution is -2.55. The Morgan fingerprint density at radius 1 is 0.944 bits per heavy atom. The third-order valence-corrected chi connectivity index (χ3v) is 6.34. The molecule has 1 nitrogen and oxygen atoms in total. The molecule has 104 valence electrons. The van der Waals surface area contributed by atoms with Gasteiger partial charge in [0.25, 0.3) is 0 Å². The topological polar surface area (TPSA) is 9.23 Å². The van der Waals surface area contributed by atoms with Gasteiger partial charge in [0.2, 0.25) is 0 Å². The quantitative estimate of drug-likeness (QED) is 0.662. The summed E-state index contributed by atoms with van der Waals surface area (Å²) in [5.41, 5.74) is 0.358. The zero-order valence-electron chi connectivity index (χ0n) is 11.5. The molecule has 2 atom stereocenters. The average Bonchev–Trinajstić information content (AvgIpc) is 2.75. The molecule has 2 heteroatoms. The molecule has 0 radical (unpaired) electrons. The first kappa shape index (κ1) is 13.2. The van der Waals surface area contributed by atoms with Crippen molar-refractivity contribution < 1.29 is 4.74 Å². The van der Waals surface area contributed by atoms with Gasteiger partial charge in [0, 0.05) is 17.4 Å². The van der Waals surface area contributed by atoms with Gasteiger partial charge in [-0.15, -0.1) is 11.6 Å². The summed E-state index contributed by atoms with van der Waals surface area (Å²) in [6.45, 7) is 1.01. The molecule has 0 amide bonds. The van der Waals surface area contributed by atoms with E-state index in [0.717, 1.165) is 18.9 Å². The van der Waals surface area contributed by atoms with Crippen LogP contribution >= 0.6 is 11.6 Å². The van der Waals surface area contributed by atoms with E-state index < -0.39 is 0 Å². The first-order chi connectivity index (χ1) is 8.81. The van der Waals surface area contributed by atoms with Crippen LogP contribution in [-0.4, -0.2) is 18.1 Å². The van der Waals surface area contributed by atoms with Crippen molar-refractivity contribution in [1.29, 1.82) is 0 Å². The van der Waals surface area contributed by atoms with Gasteiger partial charge in [0.05, 0.1) is 6.10 Å². The van der Waals surface area contributed by atoms with Crippen LogP contribution in [0.15, 0.2) is 0 Å². The fourth-order valence-electron chi connectivity index (χ4n) is 4.38. The van der Waals surface area contributed by atoms with Crippen LogP contribution in [0.1, 0.15) is 70.6 Å². The van der Waals surface area contributed by atoms with Gasteiger partial charge in [-0.2, -0.15) is 0 Å². The number of rotatable bonds is 3. The van der Waals surface area contributed by atoms with Gasteiger partial charge in [-0.25, -0.2) is 0 Å². The lowest BCUT2D eigenvalue weighted by Gasteiger charge is -2.53. The second-order valence-corrected chi connectivity index (χ2v) is 7.35. The Morgan fingerprint density at radius 2 is 1.61 bits per heavy atom. The first-order valence-corrected chi connectivity index (χ1v) is 8.50. The number of halogens is 1. The highest BCUT2D eigenvalue weighted by Gasteiger charge is 2.54. The highest BCUT2D eigenvalue weighted by atomic mass is 35.5. The van der Waals surface area contributed by atoms with Crippen molar-refractivity contribution in [3.05, 3.63) is 0 Å². The normalized spacial score (nSPS) is 36.5. The molecule has 0 aliphatic heterocycles. The minimum Gasteiger partial charge on any atom is -0.377 e. The van der Waals surface area contributed by atoms with E-state index in [4.69, 9.17) is 16.3 Å². The van der Waals surface area contributed by atoms with Gasteiger partial charge in [-0.3, -0.25) is 0 Å². The highest BCUT2D eigenvalue weighted by Crippen LogP contribution is 2.55. The predicted molar refractivity (Wildman–Crippen MR) is 76.1 cm³/mol. The minimum absolute atomic E-state index is 0.358. The predicted octanol–water partition coefficient (Wildman–Crippen LogP) is 4.91. The first-order valence-electron chi connectivity index (χ1n) is 8.07. The molecule has 0 aromatic carbocycles. The largest absolute Gasteiger partial charge is 0.377 e. The molecule has 0 aromatic heterocycles. The molecule has 3 rings (SSSR count). The summed E-state index contributed by atoms with van der Waals surface area (Å²) in [6.07, 6.45) is 15.4. The third-order valence-electron chi connectivity index (χ3n) is 5.73. The monoisotopic (exact) mass is 270 g/mol. The van der Waals surface area contributed by atoms with Crippen LogP contribution in [0.25, 0.3) is 0 Å². The lowest BCUT2D eigenvalue weighted by molar-refractivity contribution is -0.123. The van der Waals surface area contributed by atoms with E-state index in [1.54, 1.807) is 0 Å². The maximum absolute atomic E-state index is 6.57. The Hall–Kier alpha value is 0.250. The maximum atomic E-state index is 6.57. The molecule has 0 aromatic rings. The molecule has 1 spiro atoms. The van der Waals surface area contributed by atoms with E-state index in [1.165, 1.54) is 64.2 Å². The molecular weight excluding hydrogens is 244 g/mol. The van der Waals surface area contributed by atoms with Gasteiger partial charge >= 0.3 is 0 Å². The second kappa shape index (κ2) is 5.71. The standard InChI is InChI=1S/C16H27ClO/c17-14-11-15(18-12-13-7-3-4-8-13)16(14)9-5-1-2-6-10-16/h13-15H,1-12H2. The third kappa shape index (κ3) is 2.45. The van der Waals surface area contributed by atoms with E-state index in [0.29, 0.717) is 16.9 Å². The number of ether oxygens (including phenoxy) is 1. The highest BCUT2D eigenvalue weighted by molar-refractivity contribution is 6.21. The zero-order valence-corrected chi connectivity index (χ0v) is 12.3. The van der Waals surface area contributed by atoms with Crippen molar-refractivity contribution in [3.8, 4) is 0 Å². The molecule has 0 heterocycles. The summed E-state index contributed by atoms with van der Waals surface area (Å²) in [4.78, 5) is 0. The zero-order chi connectivity index (χ0) is 12.4. The Morgan fingerprint density at radius 3 is 2.22 bits per heavy atom. The summed E-state index contributed by atoms with van der Waals surface area (Å²) in [6, 6.07) is 0. The van der Waals surface area contributed by atoms with Crippen LogP contribution < -0.4 is 0 Å². The summed E-state index contributed by atoms with van der Waals surface area (Å²) in [7, 11) is 0. The summed E-state index contributed by atoms with van der Waals surface area (Å²) >= 11 is 6.57. The molecule has 0 saturated heterocycles. The molecule has 3 aliphatic carbocycles. The van der Waals surface area contributed by atoms with Crippen molar-refractivity contribution in [2.45, 2.75) is 82.1 Å². The SMILES string of the molecule is ClC1CC(OCC2CCCC2)C12CCCCCC2. The van der Waals surface area contributed by atoms with E-state index in [-0.39, 0.29) is 0 Å². The molecule has 18 heavy (non-hydrogen) atoms. The van der Waals surface area contributed by atoms with Crippen molar-refractivity contribution in [1.82, 2.24) is 0 Å². The van der Waals surface area contributed by atoms with Gasteiger partial charge in [0.1, 0.15) is 0 Å². The number of hydrogen-bond acceptors (Lipinski definition) is 1. The summed E-state index contributed by atoms with van der Waals surface area (Å²) < 4.78 is 6.30. The van der Waals surface area contributed by atoms with Crippen LogP contribution in [-0.2, 0) is 4.74 Å². The van der Waals surface area contributed by atoms with Crippen LogP contribution in [0.4, 0.5) is 0 Å². The number of hydrogen-bond donors (Lipinski definition) is 0. The maximum Gasteiger partial charge on any atom is 0.0659 e. The lowest BCUT2D eigenvalue weighted by atomic mass is 9.61. The Kier molecular flexibility index (Phi) is 4.20. The van der Waals surface area contributed by atoms with Crippen molar-refractivity contribution in [2.75, 3.05) is 6.61 Å². The van der Waals surface area contributed by atoms with Gasteiger partial charge in [0.15, 0.2) is 0 Å². The van der Waals surface area contributed by atoms with Crippen molar-refractivity contribution in [3.63, 3.8) is 0 Å².